The lowest BCUT2D eigenvalue weighted by molar-refractivity contribution is -0.147. The minimum atomic E-state index is -2.97. The molecule has 2 aliphatic rings. The quantitative estimate of drug-likeness (QED) is 0.439. The first kappa shape index (κ1) is 21.8. The van der Waals surface area contributed by atoms with Crippen molar-refractivity contribution in [2.75, 3.05) is 13.7 Å². The van der Waals surface area contributed by atoms with Gasteiger partial charge in [-0.3, -0.25) is 4.79 Å². The molecule has 0 saturated heterocycles. The fourth-order valence-corrected chi connectivity index (χ4v) is 3.37. The highest BCUT2D eigenvalue weighted by Gasteiger charge is 2.35. The highest BCUT2D eigenvalue weighted by molar-refractivity contribution is 5.89. The van der Waals surface area contributed by atoms with Gasteiger partial charge >= 0.3 is 12.6 Å². The van der Waals surface area contributed by atoms with Crippen LogP contribution in [-0.2, 0) is 14.3 Å². The largest absolute Gasteiger partial charge is 0.493 e. The molecule has 0 heterocycles. The molecule has 0 spiro atoms. The molecular formula is C22H25F2NO5. The van der Waals surface area contributed by atoms with E-state index in [1.165, 1.54) is 37.5 Å². The number of carbonyl (C=O) groups excluding carboxylic acids is 2. The summed E-state index contributed by atoms with van der Waals surface area (Å²) in [5.74, 6) is -0.858. The van der Waals surface area contributed by atoms with Crippen LogP contribution in [0, 0.1) is 0 Å². The van der Waals surface area contributed by atoms with Crippen molar-refractivity contribution in [1.82, 2.24) is 4.90 Å². The molecule has 6 nitrogen and oxygen atoms in total. The molecule has 1 amide bonds. The topological polar surface area (TPSA) is 65.1 Å². The van der Waals surface area contributed by atoms with Gasteiger partial charge in [0.2, 0.25) is 0 Å². The number of halogens is 2. The van der Waals surface area contributed by atoms with Gasteiger partial charge < -0.3 is 19.1 Å². The number of ether oxygens (including phenoxy) is 3. The van der Waals surface area contributed by atoms with Crippen molar-refractivity contribution < 1.29 is 32.6 Å². The van der Waals surface area contributed by atoms with E-state index in [-0.39, 0.29) is 30.1 Å². The van der Waals surface area contributed by atoms with E-state index in [0.717, 1.165) is 44.2 Å². The van der Waals surface area contributed by atoms with E-state index in [2.05, 4.69) is 10.8 Å². The van der Waals surface area contributed by atoms with Crippen LogP contribution in [-0.4, -0.2) is 43.1 Å². The molecule has 1 aromatic carbocycles. The summed E-state index contributed by atoms with van der Waals surface area (Å²) in [5.41, 5.74) is 1.57. The molecule has 3 rings (SSSR count). The molecule has 30 heavy (non-hydrogen) atoms. The number of amides is 1. The van der Waals surface area contributed by atoms with Gasteiger partial charge in [0, 0.05) is 17.8 Å². The molecule has 1 aromatic rings. The Bertz CT molecular complexity index is 833. The maximum absolute atomic E-state index is 12.6. The van der Waals surface area contributed by atoms with Crippen LogP contribution in [0.25, 0.3) is 6.08 Å². The zero-order chi connectivity index (χ0) is 21.5. The van der Waals surface area contributed by atoms with Gasteiger partial charge in [-0.25, -0.2) is 4.79 Å². The summed E-state index contributed by atoms with van der Waals surface area (Å²) in [6, 6.07) is 4.50. The standard InChI is InChI=1S/C22H25F2NO5/c1-28-19-13-15(7-11-18(19)30-22(23)24)8-12-21(27)29-14-20(26)25(17-9-10-17)16-5-3-2-4-6-16/h5,7-8,11-13,17,22H,2-4,6,9-10,14H2,1H3. The Morgan fingerprint density at radius 1 is 1.23 bits per heavy atom. The van der Waals surface area contributed by atoms with Crippen LogP contribution in [0.2, 0.25) is 0 Å². The van der Waals surface area contributed by atoms with Crippen LogP contribution in [0.4, 0.5) is 8.78 Å². The predicted octanol–water partition coefficient (Wildman–Crippen LogP) is 4.30. The molecule has 0 unspecified atom stereocenters. The number of hydrogen-bond donors (Lipinski definition) is 0. The summed E-state index contributed by atoms with van der Waals surface area (Å²) >= 11 is 0. The van der Waals surface area contributed by atoms with Crippen molar-refractivity contribution in [2.24, 2.45) is 0 Å². The maximum atomic E-state index is 12.6. The monoisotopic (exact) mass is 421 g/mol. The highest BCUT2D eigenvalue weighted by atomic mass is 19.3. The molecular weight excluding hydrogens is 396 g/mol. The maximum Gasteiger partial charge on any atom is 0.387 e. The van der Waals surface area contributed by atoms with Crippen molar-refractivity contribution in [3.8, 4) is 11.5 Å². The first-order valence-electron chi connectivity index (χ1n) is 9.96. The fourth-order valence-electron chi connectivity index (χ4n) is 3.37. The smallest absolute Gasteiger partial charge is 0.387 e. The third kappa shape index (κ3) is 6.05. The van der Waals surface area contributed by atoms with Gasteiger partial charge in [-0.15, -0.1) is 0 Å². The van der Waals surface area contributed by atoms with E-state index in [0.29, 0.717) is 5.56 Å². The molecule has 162 valence electrons. The summed E-state index contributed by atoms with van der Waals surface area (Å²) in [4.78, 5) is 26.4. The lowest BCUT2D eigenvalue weighted by atomic mass is 10.0. The molecule has 0 radical (unpaired) electrons. The Morgan fingerprint density at radius 2 is 2.03 bits per heavy atom. The van der Waals surface area contributed by atoms with Crippen LogP contribution in [0.1, 0.15) is 44.1 Å². The molecule has 1 saturated carbocycles. The summed E-state index contributed by atoms with van der Waals surface area (Å²) in [6.45, 7) is -3.28. The number of esters is 1. The molecule has 0 aliphatic heterocycles. The summed E-state index contributed by atoms with van der Waals surface area (Å²) < 4.78 is 39.3. The number of alkyl halides is 2. The molecule has 0 aromatic heterocycles. The van der Waals surface area contributed by atoms with Crippen LogP contribution in [0.5, 0.6) is 11.5 Å². The molecule has 2 aliphatic carbocycles. The Morgan fingerprint density at radius 3 is 2.67 bits per heavy atom. The first-order chi connectivity index (χ1) is 14.5. The fraction of sp³-hybridized carbons (Fsp3) is 0.455. The number of nitrogens with zero attached hydrogens (tertiary/aromatic N) is 1. The average molecular weight is 421 g/mol. The van der Waals surface area contributed by atoms with Crippen LogP contribution in [0.3, 0.4) is 0 Å². The zero-order valence-corrected chi connectivity index (χ0v) is 16.8. The molecule has 0 atom stereocenters. The summed E-state index contributed by atoms with van der Waals surface area (Å²) in [6.07, 6.45) is 10.7. The van der Waals surface area contributed by atoms with Gasteiger partial charge in [0.1, 0.15) is 0 Å². The normalized spacial score (nSPS) is 16.3. The average Bonchev–Trinajstić information content (AvgIpc) is 3.57. The highest BCUT2D eigenvalue weighted by Crippen LogP contribution is 2.34. The van der Waals surface area contributed by atoms with Crippen molar-refractivity contribution in [3.63, 3.8) is 0 Å². The lowest BCUT2D eigenvalue weighted by Gasteiger charge is -2.27. The predicted molar refractivity (Wildman–Crippen MR) is 106 cm³/mol. The number of hydrogen-bond acceptors (Lipinski definition) is 5. The van der Waals surface area contributed by atoms with E-state index in [1.807, 2.05) is 0 Å². The van der Waals surface area contributed by atoms with E-state index < -0.39 is 12.6 Å². The van der Waals surface area contributed by atoms with Crippen molar-refractivity contribution in [3.05, 3.63) is 41.6 Å². The molecule has 8 heteroatoms. The Kier molecular flexibility index (Phi) is 7.43. The van der Waals surface area contributed by atoms with Crippen LogP contribution < -0.4 is 9.47 Å². The summed E-state index contributed by atoms with van der Waals surface area (Å²) in [7, 11) is 1.33. The lowest BCUT2D eigenvalue weighted by Crippen LogP contribution is -2.36. The van der Waals surface area contributed by atoms with Gasteiger partial charge in [-0.2, -0.15) is 8.78 Å². The Labute approximate surface area is 174 Å². The van der Waals surface area contributed by atoms with Gasteiger partial charge in [0.15, 0.2) is 18.1 Å². The van der Waals surface area contributed by atoms with Crippen LogP contribution >= 0.6 is 0 Å². The van der Waals surface area contributed by atoms with Crippen molar-refractivity contribution in [2.45, 2.75) is 51.2 Å². The van der Waals surface area contributed by atoms with Gasteiger partial charge in [-0.05, 0) is 62.3 Å². The Hall–Kier alpha value is -2.90. The van der Waals surface area contributed by atoms with E-state index in [9.17, 15) is 18.4 Å². The third-order valence-electron chi connectivity index (χ3n) is 4.91. The number of allylic oxidation sites excluding steroid dienone is 2. The number of rotatable bonds is 9. The minimum Gasteiger partial charge on any atom is -0.493 e. The number of methoxy groups -OCH3 is 1. The second-order valence-corrected chi connectivity index (χ2v) is 7.17. The second-order valence-electron chi connectivity index (χ2n) is 7.17. The SMILES string of the molecule is COc1cc(C=CC(=O)OCC(=O)N(C2=CCCCC2)C2CC2)ccc1OC(F)F. The first-order valence-corrected chi connectivity index (χ1v) is 9.96. The van der Waals surface area contributed by atoms with Gasteiger partial charge in [0.25, 0.3) is 5.91 Å². The van der Waals surface area contributed by atoms with E-state index >= 15 is 0 Å². The zero-order valence-electron chi connectivity index (χ0n) is 16.8. The van der Waals surface area contributed by atoms with E-state index in [4.69, 9.17) is 9.47 Å². The summed E-state index contributed by atoms with van der Waals surface area (Å²) in [5, 5.41) is 0. The van der Waals surface area contributed by atoms with Gasteiger partial charge in [-0.1, -0.05) is 12.1 Å². The van der Waals surface area contributed by atoms with Gasteiger partial charge in [0.05, 0.1) is 7.11 Å². The molecule has 1 fully saturated rings. The van der Waals surface area contributed by atoms with Crippen molar-refractivity contribution in [1.29, 1.82) is 0 Å². The van der Waals surface area contributed by atoms with Crippen LogP contribution in [0.15, 0.2) is 36.0 Å². The second kappa shape index (κ2) is 10.2. The Balaban J connectivity index is 1.55. The number of carbonyl (C=O) groups is 2. The van der Waals surface area contributed by atoms with Crippen molar-refractivity contribution >= 4 is 18.0 Å². The third-order valence-corrected chi connectivity index (χ3v) is 4.91. The molecule has 0 bridgehead atoms. The minimum absolute atomic E-state index is 0.102. The molecule has 0 N–H and O–H groups in total. The number of benzene rings is 1. The van der Waals surface area contributed by atoms with E-state index in [1.54, 1.807) is 4.90 Å².